The number of halogens is 2. The number of nitrogens with zero attached hydrogens (tertiary/aromatic N) is 2. The first-order valence-electron chi connectivity index (χ1n) is 11.9. The average Bonchev–Trinajstić information content (AvgIpc) is 3.18. The maximum atomic E-state index is 13.5. The fourth-order valence-corrected chi connectivity index (χ4v) is 4.66. The van der Waals surface area contributed by atoms with Crippen LogP contribution >= 0.6 is 23.2 Å². The molecule has 3 aromatic rings. The third-order valence-electron chi connectivity index (χ3n) is 6.01. The van der Waals surface area contributed by atoms with Crippen molar-refractivity contribution in [3.8, 4) is 11.3 Å². The zero-order valence-corrected chi connectivity index (χ0v) is 22.8. The molecule has 0 spiro atoms. The molecule has 196 valence electrons. The quantitative estimate of drug-likeness (QED) is 0.362. The maximum absolute atomic E-state index is 13.5. The summed E-state index contributed by atoms with van der Waals surface area (Å²) in [5.74, 6) is -1.24. The molecule has 2 heterocycles. The molecule has 1 aliphatic heterocycles. The van der Waals surface area contributed by atoms with Crippen molar-refractivity contribution in [2.45, 2.75) is 26.4 Å². The Bertz CT molecular complexity index is 1430. The molecule has 9 heteroatoms. The lowest BCUT2D eigenvalue weighted by Gasteiger charge is -2.26. The highest BCUT2D eigenvalue weighted by atomic mass is 35.5. The minimum atomic E-state index is -1.08. The lowest BCUT2D eigenvalue weighted by Crippen LogP contribution is -2.41. The number of pyridine rings is 1. The number of hydrogen-bond donors (Lipinski definition) is 3. The third kappa shape index (κ3) is 5.91. The van der Waals surface area contributed by atoms with Crippen molar-refractivity contribution in [2.75, 3.05) is 11.4 Å². The molecule has 3 N–H and O–H groups in total. The van der Waals surface area contributed by atoms with Crippen LogP contribution in [0, 0.1) is 12.8 Å². The van der Waals surface area contributed by atoms with E-state index in [-0.39, 0.29) is 23.0 Å². The van der Waals surface area contributed by atoms with Gasteiger partial charge in [-0.1, -0.05) is 54.0 Å². The van der Waals surface area contributed by atoms with Gasteiger partial charge in [0.2, 0.25) is 5.91 Å². The highest BCUT2D eigenvalue weighted by Crippen LogP contribution is 2.36. The SMILES string of the molecule is C=C1C(C(=O)NCC(C)(C)O)C=C(NC(=O)c2cc(-c3ncccc3C)c(Cl)cc2Cl)N1c1ccccc1. The van der Waals surface area contributed by atoms with Gasteiger partial charge in [0, 0.05) is 29.7 Å². The Kier molecular flexibility index (Phi) is 7.92. The summed E-state index contributed by atoms with van der Waals surface area (Å²) in [7, 11) is 0. The number of anilines is 1. The van der Waals surface area contributed by atoms with E-state index in [1.807, 2.05) is 49.4 Å². The van der Waals surface area contributed by atoms with Crippen LogP contribution in [-0.2, 0) is 4.79 Å². The molecule has 0 bridgehead atoms. The summed E-state index contributed by atoms with van der Waals surface area (Å²) in [6.45, 7) is 9.30. The molecule has 0 radical (unpaired) electrons. The fraction of sp³-hybridized carbons (Fsp3) is 0.207. The number of nitrogens with one attached hydrogen (secondary N) is 2. The van der Waals surface area contributed by atoms with Crippen molar-refractivity contribution in [3.63, 3.8) is 0 Å². The van der Waals surface area contributed by atoms with Crippen molar-refractivity contribution >= 4 is 40.7 Å². The summed E-state index contributed by atoms with van der Waals surface area (Å²) < 4.78 is 0. The van der Waals surface area contributed by atoms with Gasteiger partial charge in [0.15, 0.2) is 0 Å². The number of aromatic nitrogens is 1. The standard InChI is InChI=1S/C29H28Cl2N4O3/c1-17-9-8-12-32-26(17)21-13-22(24(31)15-23(21)30)28(37)34-25-14-20(27(36)33-16-29(3,4)38)18(2)35(25)19-10-6-5-7-11-19/h5-15,20,38H,2,16H2,1,3-4H3,(H,33,36)(H,34,37). The molecule has 0 fully saturated rings. The van der Waals surface area contributed by atoms with Crippen molar-refractivity contribution in [3.05, 3.63) is 106 Å². The van der Waals surface area contributed by atoms with Crippen LogP contribution in [0.2, 0.25) is 10.0 Å². The highest BCUT2D eigenvalue weighted by molar-refractivity contribution is 6.38. The van der Waals surface area contributed by atoms with Gasteiger partial charge in [0.05, 0.1) is 32.8 Å². The molecular formula is C29H28Cl2N4O3. The second-order valence-electron chi connectivity index (χ2n) is 9.66. The summed E-state index contributed by atoms with van der Waals surface area (Å²) in [6, 6.07) is 16.1. The Morgan fingerprint density at radius 2 is 1.82 bits per heavy atom. The number of hydrogen-bond acceptors (Lipinski definition) is 5. The Morgan fingerprint density at radius 1 is 1.11 bits per heavy atom. The Labute approximate surface area is 231 Å². The van der Waals surface area contributed by atoms with E-state index < -0.39 is 17.4 Å². The Balaban J connectivity index is 1.68. The van der Waals surface area contributed by atoms with Crippen molar-refractivity contribution in [2.24, 2.45) is 5.92 Å². The number of aliphatic hydroxyl groups is 1. The summed E-state index contributed by atoms with van der Waals surface area (Å²) in [6.07, 6.45) is 3.28. The predicted molar refractivity (Wildman–Crippen MR) is 151 cm³/mol. The van der Waals surface area contributed by atoms with Crippen LogP contribution in [0.15, 0.2) is 85.0 Å². The maximum Gasteiger partial charge on any atom is 0.258 e. The van der Waals surface area contributed by atoms with Gasteiger partial charge in [-0.15, -0.1) is 0 Å². The van der Waals surface area contributed by atoms with E-state index in [1.54, 1.807) is 37.1 Å². The summed E-state index contributed by atoms with van der Waals surface area (Å²) in [5.41, 5.74) is 2.41. The molecule has 4 rings (SSSR count). The molecular weight excluding hydrogens is 523 g/mol. The molecule has 1 aliphatic rings. The molecule has 7 nitrogen and oxygen atoms in total. The average molecular weight is 551 g/mol. The van der Waals surface area contributed by atoms with E-state index in [0.717, 1.165) is 5.56 Å². The van der Waals surface area contributed by atoms with Crippen LogP contribution < -0.4 is 15.5 Å². The summed E-state index contributed by atoms with van der Waals surface area (Å²) in [4.78, 5) is 32.6. The lowest BCUT2D eigenvalue weighted by atomic mass is 10.0. The molecule has 1 aromatic heterocycles. The van der Waals surface area contributed by atoms with Gasteiger partial charge in [0.25, 0.3) is 5.91 Å². The van der Waals surface area contributed by atoms with Crippen LogP contribution in [-0.4, -0.2) is 34.1 Å². The van der Waals surface area contributed by atoms with Crippen LogP contribution in [0.25, 0.3) is 11.3 Å². The summed E-state index contributed by atoms with van der Waals surface area (Å²) >= 11 is 12.9. The normalized spacial score (nSPS) is 15.3. The van der Waals surface area contributed by atoms with Gasteiger partial charge in [-0.3, -0.25) is 14.6 Å². The second-order valence-corrected chi connectivity index (χ2v) is 10.5. The van der Waals surface area contributed by atoms with Crippen molar-refractivity contribution in [1.29, 1.82) is 0 Å². The molecule has 1 unspecified atom stereocenters. The van der Waals surface area contributed by atoms with Gasteiger partial charge >= 0.3 is 0 Å². The van der Waals surface area contributed by atoms with Crippen LogP contribution in [0.3, 0.4) is 0 Å². The van der Waals surface area contributed by atoms with E-state index in [0.29, 0.717) is 33.5 Å². The van der Waals surface area contributed by atoms with E-state index in [2.05, 4.69) is 22.2 Å². The molecule has 2 aromatic carbocycles. The molecule has 0 aliphatic carbocycles. The smallest absolute Gasteiger partial charge is 0.258 e. The van der Waals surface area contributed by atoms with E-state index in [4.69, 9.17) is 23.2 Å². The topological polar surface area (TPSA) is 94.6 Å². The number of amides is 2. The first kappa shape index (κ1) is 27.4. The largest absolute Gasteiger partial charge is 0.389 e. The zero-order chi connectivity index (χ0) is 27.6. The fourth-order valence-electron chi connectivity index (χ4n) is 4.10. The van der Waals surface area contributed by atoms with Crippen molar-refractivity contribution in [1.82, 2.24) is 15.6 Å². The lowest BCUT2D eigenvalue weighted by molar-refractivity contribution is -0.123. The Morgan fingerprint density at radius 3 is 2.47 bits per heavy atom. The molecule has 1 atom stereocenters. The van der Waals surface area contributed by atoms with Crippen LogP contribution in [0.5, 0.6) is 0 Å². The number of rotatable bonds is 7. The minimum Gasteiger partial charge on any atom is -0.389 e. The monoisotopic (exact) mass is 550 g/mol. The van der Waals surface area contributed by atoms with Gasteiger partial charge in [-0.05, 0) is 62.7 Å². The zero-order valence-electron chi connectivity index (χ0n) is 21.3. The number of carbonyl (C=O) groups excluding carboxylic acids is 2. The van der Waals surface area contributed by atoms with Gasteiger partial charge in [-0.2, -0.15) is 0 Å². The van der Waals surface area contributed by atoms with E-state index in [1.165, 1.54) is 6.07 Å². The van der Waals surface area contributed by atoms with Gasteiger partial charge in [-0.25, -0.2) is 0 Å². The molecule has 2 amide bonds. The molecule has 0 saturated carbocycles. The number of benzene rings is 2. The van der Waals surface area contributed by atoms with Crippen LogP contribution in [0.1, 0.15) is 29.8 Å². The molecule has 0 saturated heterocycles. The third-order valence-corrected chi connectivity index (χ3v) is 6.64. The number of carbonyl (C=O) groups is 2. The van der Waals surface area contributed by atoms with Crippen molar-refractivity contribution < 1.29 is 14.7 Å². The first-order chi connectivity index (χ1) is 18.0. The van der Waals surface area contributed by atoms with Gasteiger partial charge in [0.1, 0.15) is 5.82 Å². The molecule has 38 heavy (non-hydrogen) atoms. The van der Waals surface area contributed by atoms with Gasteiger partial charge < -0.3 is 20.6 Å². The van der Waals surface area contributed by atoms with E-state index >= 15 is 0 Å². The van der Waals surface area contributed by atoms with Crippen LogP contribution in [0.4, 0.5) is 5.69 Å². The Hall–Kier alpha value is -3.65. The predicted octanol–water partition coefficient (Wildman–Crippen LogP) is 5.47. The summed E-state index contributed by atoms with van der Waals surface area (Å²) in [5, 5.41) is 16.2. The number of para-hydroxylation sites is 1. The first-order valence-corrected chi connectivity index (χ1v) is 12.7. The highest BCUT2D eigenvalue weighted by Gasteiger charge is 2.35. The minimum absolute atomic E-state index is 0.0621. The number of aryl methyl sites for hydroxylation is 1. The van der Waals surface area contributed by atoms with E-state index in [9.17, 15) is 14.7 Å². The second kappa shape index (κ2) is 11.0.